The minimum atomic E-state index is -0.0958. The Labute approximate surface area is 76.4 Å². The fraction of sp³-hybridized carbons (Fsp3) is 0.375. The van der Waals surface area contributed by atoms with E-state index >= 15 is 0 Å². The Morgan fingerprint density at radius 1 is 1.67 bits per heavy atom. The van der Waals surface area contributed by atoms with Crippen molar-refractivity contribution >= 4 is 12.6 Å². The Kier molecular flexibility index (Phi) is 2.94. The summed E-state index contributed by atoms with van der Waals surface area (Å²) in [7, 11) is 0. The zero-order valence-electron chi connectivity index (χ0n) is 6.92. The molecular weight excluding hydrogens is 172 g/mol. The van der Waals surface area contributed by atoms with Crippen LogP contribution in [0.1, 0.15) is 16.8 Å². The van der Waals surface area contributed by atoms with Gasteiger partial charge >= 0.3 is 0 Å². The standard InChI is InChI=1S/C8H12N2OS/c1-5-2-6(4-12)7(3-9)8(11)10-5/h2,12H,3-4,9H2,1H3,(H,10,11). The summed E-state index contributed by atoms with van der Waals surface area (Å²) in [6.45, 7) is 2.11. The van der Waals surface area contributed by atoms with Crippen molar-refractivity contribution < 1.29 is 0 Å². The molecule has 0 bridgehead atoms. The van der Waals surface area contributed by atoms with E-state index in [2.05, 4.69) is 17.6 Å². The zero-order valence-corrected chi connectivity index (χ0v) is 7.82. The predicted octanol–water partition coefficient (Wildman–Crippen LogP) is 0.572. The van der Waals surface area contributed by atoms with Gasteiger partial charge in [0.2, 0.25) is 0 Å². The number of aromatic amines is 1. The third kappa shape index (κ3) is 1.70. The molecule has 1 aromatic heterocycles. The van der Waals surface area contributed by atoms with Crippen LogP contribution in [0, 0.1) is 6.92 Å². The molecule has 1 rings (SSSR count). The average Bonchev–Trinajstić information content (AvgIpc) is 2.03. The molecule has 3 nitrogen and oxygen atoms in total. The van der Waals surface area contributed by atoms with Gasteiger partial charge in [0.25, 0.3) is 5.56 Å². The van der Waals surface area contributed by atoms with Crippen LogP contribution in [0.15, 0.2) is 10.9 Å². The highest BCUT2D eigenvalue weighted by Gasteiger charge is 2.04. The first-order valence-corrected chi connectivity index (χ1v) is 4.35. The number of rotatable bonds is 2. The Bertz CT molecular complexity index is 332. The smallest absolute Gasteiger partial charge is 0.252 e. The molecule has 0 amide bonds. The van der Waals surface area contributed by atoms with Gasteiger partial charge in [0, 0.05) is 23.6 Å². The van der Waals surface area contributed by atoms with Crippen LogP contribution in [0.4, 0.5) is 0 Å². The summed E-state index contributed by atoms with van der Waals surface area (Å²) in [4.78, 5) is 14.0. The van der Waals surface area contributed by atoms with Crippen LogP contribution < -0.4 is 11.3 Å². The van der Waals surface area contributed by atoms with Gasteiger partial charge in [0.15, 0.2) is 0 Å². The topological polar surface area (TPSA) is 58.9 Å². The lowest BCUT2D eigenvalue weighted by molar-refractivity contribution is 0.972. The van der Waals surface area contributed by atoms with Gasteiger partial charge in [-0.05, 0) is 18.6 Å². The number of H-pyrrole nitrogens is 1. The lowest BCUT2D eigenvalue weighted by Crippen LogP contribution is -2.19. The maximum Gasteiger partial charge on any atom is 0.252 e. The van der Waals surface area contributed by atoms with Crippen LogP contribution in [-0.2, 0) is 12.3 Å². The Morgan fingerprint density at radius 2 is 2.33 bits per heavy atom. The second-order valence-corrected chi connectivity index (χ2v) is 2.96. The Morgan fingerprint density at radius 3 is 2.83 bits per heavy atom. The first-order valence-electron chi connectivity index (χ1n) is 3.71. The maximum absolute atomic E-state index is 11.3. The summed E-state index contributed by atoms with van der Waals surface area (Å²) >= 11 is 4.12. The highest BCUT2D eigenvalue weighted by atomic mass is 32.1. The quantitative estimate of drug-likeness (QED) is 0.589. The minimum Gasteiger partial charge on any atom is -0.326 e. The highest BCUT2D eigenvalue weighted by molar-refractivity contribution is 7.79. The van der Waals surface area contributed by atoms with Gasteiger partial charge in [-0.15, -0.1) is 0 Å². The third-order valence-corrected chi connectivity index (χ3v) is 2.08. The highest BCUT2D eigenvalue weighted by Crippen LogP contribution is 2.07. The lowest BCUT2D eigenvalue weighted by Gasteiger charge is -2.04. The number of aromatic nitrogens is 1. The van der Waals surface area contributed by atoms with Crippen LogP contribution in [-0.4, -0.2) is 4.98 Å². The summed E-state index contributed by atoms with van der Waals surface area (Å²) in [5.41, 5.74) is 7.73. The molecule has 0 spiro atoms. The van der Waals surface area contributed by atoms with Gasteiger partial charge in [-0.2, -0.15) is 12.6 Å². The second-order valence-electron chi connectivity index (χ2n) is 2.65. The molecule has 0 aliphatic rings. The van der Waals surface area contributed by atoms with Crippen LogP contribution in [0.2, 0.25) is 0 Å². The van der Waals surface area contributed by atoms with Crippen molar-refractivity contribution in [2.24, 2.45) is 5.73 Å². The van der Waals surface area contributed by atoms with Crippen LogP contribution in [0.25, 0.3) is 0 Å². The molecule has 1 aromatic rings. The summed E-state index contributed by atoms with van der Waals surface area (Å²) in [6.07, 6.45) is 0. The van der Waals surface area contributed by atoms with Crippen molar-refractivity contribution in [3.05, 3.63) is 33.2 Å². The summed E-state index contributed by atoms with van der Waals surface area (Å²) in [6, 6.07) is 1.90. The molecule has 0 aromatic carbocycles. The molecule has 0 saturated carbocycles. The van der Waals surface area contributed by atoms with Crippen LogP contribution in [0.5, 0.6) is 0 Å². The monoisotopic (exact) mass is 184 g/mol. The van der Waals surface area contributed by atoms with Crippen molar-refractivity contribution in [3.8, 4) is 0 Å². The van der Waals surface area contributed by atoms with E-state index in [-0.39, 0.29) is 12.1 Å². The van der Waals surface area contributed by atoms with E-state index in [1.165, 1.54) is 0 Å². The van der Waals surface area contributed by atoms with E-state index < -0.39 is 0 Å². The van der Waals surface area contributed by atoms with Gasteiger partial charge in [-0.25, -0.2) is 0 Å². The van der Waals surface area contributed by atoms with Crippen molar-refractivity contribution in [1.82, 2.24) is 4.98 Å². The first-order chi connectivity index (χ1) is 5.69. The van der Waals surface area contributed by atoms with Crippen molar-refractivity contribution in [2.45, 2.75) is 19.2 Å². The zero-order chi connectivity index (χ0) is 9.14. The number of aryl methyl sites for hydroxylation is 1. The van der Waals surface area contributed by atoms with E-state index in [9.17, 15) is 4.79 Å². The van der Waals surface area contributed by atoms with Gasteiger partial charge in [-0.3, -0.25) is 4.79 Å². The van der Waals surface area contributed by atoms with E-state index in [0.717, 1.165) is 11.3 Å². The number of pyridine rings is 1. The van der Waals surface area contributed by atoms with Crippen molar-refractivity contribution in [1.29, 1.82) is 0 Å². The second kappa shape index (κ2) is 3.78. The van der Waals surface area contributed by atoms with E-state index in [1.807, 2.05) is 13.0 Å². The van der Waals surface area contributed by atoms with Crippen LogP contribution in [0.3, 0.4) is 0 Å². The molecule has 0 fully saturated rings. The molecule has 0 aliphatic heterocycles. The van der Waals surface area contributed by atoms with Gasteiger partial charge in [-0.1, -0.05) is 0 Å². The molecule has 3 N–H and O–H groups in total. The normalized spacial score (nSPS) is 10.2. The summed E-state index contributed by atoms with van der Waals surface area (Å²) < 4.78 is 0. The molecule has 66 valence electrons. The third-order valence-electron chi connectivity index (χ3n) is 1.74. The first kappa shape index (κ1) is 9.35. The summed E-state index contributed by atoms with van der Waals surface area (Å²) in [5, 5.41) is 0. The predicted molar refractivity (Wildman–Crippen MR) is 52.4 cm³/mol. The van der Waals surface area contributed by atoms with Gasteiger partial charge in [0.1, 0.15) is 0 Å². The molecule has 4 heteroatoms. The largest absolute Gasteiger partial charge is 0.326 e. The Hall–Kier alpha value is -0.740. The lowest BCUT2D eigenvalue weighted by atomic mass is 10.1. The molecule has 0 aliphatic carbocycles. The van der Waals surface area contributed by atoms with E-state index in [0.29, 0.717) is 11.3 Å². The number of nitrogens with one attached hydrogen (secondary N) is 1. The number of hydrogen-bond donors (Lipinski definition) is 3. The molecule has 0 atom stereocenters. The SMILES string of the molecule is Cc1cc(CS)c(CN)c(=O)[nH]1. The summed E-state index contributed by atoms with van der Waals surface area (Å²) in [5.74, 6) is 0.553. The number of nitrogens with two attached hydrogens (primary N) is 1. The average molecular weight is 184 g/mol. The molecular formula is C8H12N2OS. The number of hydrogen-bond acceptors (Lipinski definition) is 3. The van der Waals surface area contributed by atoms with Crippen molar-refractivity contribution in [2.75, 3.05) is 0 Å². The van der Waals surface area contributed by atoms with Crippen LogP contribution >= 0.6 is 12.6 Å². The fourth-order valence-corrected chi connectivity index (χ4v) is 1.43. The molecule has 1 heterocycles. The van der Waals surface area contributed by atoms with E-state index in [4.69, 9.17) is 5.73 Å². The van der Waals surface area contributed by atoms with Gasteiger partial charge < -0.3 is 10.7 Å². The minimum absolute atomic E-state index is 0.0958. The van der Waals surface area contributed by atoms with E-state index in [1.54, 1.807) is 0 Å². The van der Waals surface area contributed by atoms with Gasteiger partial charge in [0.05, 0.1) is 0 Å². The molecule has 12 heavy (non-hydrogen) atoms. The number of thiol groups is 1. The van der Waals surface area contributed by atoms with Crippen molar-refractivity contribution in [3.63, 3.8) is 0 Å². The maximum atomic E-state index is 11.3. The Balaban J connectivity index is 3.34. The molecule has 0 unspecified atom stereocenters. The molecule has 0 radical (unpaired) electrons. The molecule has 0 saturated heterocycles. The fourth-order valence-electron chi connectivity index (χ4n) is 1.15.